The third-order valence-corrected chi connectivity index (χ3v) is 13.0. The van der Waals surface area contributed by atoms with Crippen LogP contribution in [0.25, 0.3) is 0 Å². The summed E-state index contributed by atoms with van der Waals surface area (Å²) in [5, 5.41) is 22.3. The van der Waals surface area contributed by atoms with Gasteiger partial charge in [-0.05, 0) is 142 Å². The molecule has 5 atom stereocenters. The maximum absolute atomic E-state index is 14.1. The van der Waals surface area contributed by atoms with Gasteiger partial charge in [-0.1, -0.05) is 0 Å². The first-order valence-electron chi connectivity index (χ1n) is 20.7. The number of fused-ring (bicyclic) bond motifs is 4. The van der Waals surface area contributed by atoms with E-state index in [0.29, 0.717) is 59.4 Å². The van der Waals surface area contributed by atoms with Gasteiger partial charge in [0.25, 0.3) is 11.8 Å². The van der Waals surface area contributed by atoms with Gasteiger partial charge in [-0.25, -0.2) is 0 Å². The van der Waals surface area contributed by atoms with Crippen molar-refractivity contribution in [2.24, 2.45) is 0 Å². The molecule has 0 radical (unpaired) electrons. The van der Waals surface area contributed by atoms with Gasteiger partial charge in [0.1, 0.15) is 25.2 Å². The molecule has 0 spiro atoms. The van der Waals surface area contributed by atoms with Gasteiger partial charge >= 0.3 is 14.1 Å². The molecule has 3 aromatic rings. The molecular formula is C42H53B2IN4O9. The van der Waals surface area contributed by atoms with Crippen LogP contribution in [0.5, 0.6) is 17.2 Å². The lowest BCUT2D eigenvalue weighted by atomic mass is 9.80. The van der Waals surface area contributed by atoms with E-state index >= 15 is 0 Å². The molecule has 2 amide bonds. The molecule has 5 aliphatic heterocycles. The van der Waals surface area contributed by atoms with Crippen LogP contribution in [0.4, 0.5) is 11.4 Å². The maximum atomic E-state index is 14.1. The van der Waals surface area contributed by atoms with Crippen LogP contribution in [0.15, 0.2) is 42.5 Å². The van der Waals surface area contributed by atoms with E-state index in [2.05, 4.69) is 35.6 Å². The van der Waals surface area contributed by atoms with E-state index in [1.807, 2.05) is 56.7 Å². The Hall–Kier alpha value is -3.70. The number of aryl methyl sites for hydroxylation is 1. The molecule has 5 aliphatic rings. The zero-order chi connectivity index (χ0) is 40.8. The van der Waals surface area contributed by atoms with E-state index in [1.165, 1.54) is 0 Å². The molecule has 3 saturated heterocycles. The second-order valence-corrected chi connectivity index (χ2v) is 17.5. The smallest absolute Gasteiger partial charge is 0.411 e. The van der Waals surface area contributed by atoms with Gasteiger partial charge in [0.05, 0.1) is 30.3 Å². The molecule has 5 heterocycles. The number of anilines is 2. The summed E-state index contributed by atoms with van der Waals surface area (Å²) in [4.78, 5) is 35.5. The average molecular weight is 906 g/mol. The lowest BCUT2D eigenvalue weighted by Crippen LogP contribution is -2.56. The fourth-order valence-corrected chi connectivity index (χ4v) is 10.4. The zero-order valence-electron chi connectivity index (χ0n) is 34.0. The molecule has 2 N–H and O–H groups in total. The van der Waals surface area contributed by atoms with Crippen molar-refractivity contribution in [1.82, 2.24) is 9.80 Å². The van der Waals surface area contributed by atoms with Crippen molar-refractivity contribution in [3.63, 3.8) is 0 Å². The summed E-state index contributed by atoms with van der Waals surface area (Å²) in [6.45, 7) is 9.86. The number of ether oxygens (including phenoxy) is 5. The number of hydrogen-bond donors (Lipinski definition) is 2. The first-order chi connectivity index (χ1) is 27.9. The molecule has 3 aromatic carbocycles. The molecule has 16 heteroatoms. The summed E-state index contributed by atoms with van der Waals surface area (Å²) < 4.78 is 32.3. The topological polar surface area (TPSA) is 134 Å². The van der Waals surface area contributed by atoms with Gasteiger partial charge in [-0.15, -0.1) is 0 Å². The molecular weight excluding hydrogens is 853 g/mol. The first kappa shape index (κ1) is 41.1. The predicted molar refractivity (Wildman–Crippen MR) is 231 cm³/mol. The SMILES string of the molecule is COc1cc2c(cc1OCc1cc(I)cc(COc3cc4c(cc3C)C(=O)N3CCC[C@H]3[C@H](OC3CCCCO3)N4B(C)O)c1)N(B(C)O)[C@@H](C)[C@@H]1CCCN1C2=O. The molecule has 0 aliphatic carbocycles. The second-order valence-electron chi connectivity index (χ2n) is 16.3. The number of carbonyl (C=O) groups excluding carboxylic acids is 2. The molecule has 13 nitrogen and oxygen atoms in total. The average Bonchev–Trinajstić information content (AvgIpc) is 3.87. The monoisotopic (exact) mass is 906 g/mol. The maximum Gasteiger partial charge on any atom is 0.411 e. The molecule has 308 valence electrons. The lowest BCUT2D eigenvalue weighted by molar-refractivity contribution is -0.194. The number of benzene rings is 3. The Morgan fingerprint density at radius 3 is 2.00 bits per heavy atom. The first-order valence-corrected chi connectivity index (χ1v) is 21.7. The summed E-state index contributed by atoms with van der Waals surface area (Å²) >= 11 is 2.29. The van der Waals surface area contributed by atoms with Crippen molar-refractivity contribution in [2.75, 3.05) is 36.4 Å². The van der Waals surface area contributed by atoms with Crippen molar-refractivity contribution in [2.45, 2.75) is 116 Å². The third kappa shape index (κ3) is 7.86. The predicted octanol–water partition coefficient (Wildman–Crippen LogP) is 6.09. The Kier molecular flexibility index (Phi) is 12.1. The van der Waals surface area contributed by atoms with Crippen LogP contribution >= 0.6 is 22.6 Å². The molecule has 3 fully saturated rings. The quantitative estimate of drug-likeness (QED) is 0.171. The molecule has 0 bridgehead atoms. The Bertz CT molecular complexity index is 2030. The van der Waals surface area contributed by atoms with Gasteiger partial charge in [-0.3, -0.25) is 9.59 Å². The fraction of sp³-hybridized carbons (Fsp3) is 0.524. The summed E-state index contributed by atoms with van der Waals surface area (Å²) in [6, 6.07) is 13.1. The number of hydrogen-bond acceptors (Lipinski definition) is 11. The highest BCUT2D eigenvalue weighted by atomic mass is 127. The Balaban J connectivity index is 1.03. The van der Waals surface area contributed by atoms with Crippen molar-refractivity contribution >= 4 is 59.9 Å². The standard InChI is InChI=1S/C42H53B2IN4O9/c1-25-16-30-35(49(44(4)53)42(58-39-12-6-7-15-55-39)33-11-9-14-47(33)40(30)50)21-36(25)56-23-27-17-28(19-29(45)18-27)24-57-38-22-34-31(20-37(38)54-5)41(51)46-13-8-10-32(46)26(2)48(34)43(3)52/h16-22,26,32-33,39,42,52-53H,6-15,23-24H2,1-5H3/t26-,32-,33-,39?,42-/m0/s1. The minimum Gasteiger partial charge on any atom is -0.493 e. The number of methoxy groups -OCH3 is 1. The van der Waals surface area contributed by atoms with Crippen molar-refractivity contribution in [3.8, 4) is 17.2 Å². The van der Waals surface area contributed by atoms with E-state index < -0.39 is 26.6 Å². The highest BCUT2D eigenvalue weighted by Crippen LogP contribution is 2.43. The van der Waals surface area contributed by atoms with E-state index in [1.54, 1.807) is 26.8 Å². The van der Waals surface area contributed by atoms with Crippen LogP contribution < -0.4 is 23.8 Å². The molecule has 1 unspecified atom stereocenters. The highest BCUT2D eigenvalue weighted by Gasteiger charge is 2.47. The van der Waals surface area contributed by atoms with Gasteiger partial charge in [-0.2, -0.15) is 0 Å². The zero-order valence-corrected chi connectivity index (χ0v) is 36.1. The second kappa shape index (κ2) is 17.1. The lowest BCUT2D eigenvalue weighted by Gasteiger charge is -2.40. The molecule has 0 saturated carbocycles. The third-order valence-electron chi connectivity index (χ3n) is 12.4. The van der Waals surface area contributed by atoms with Gasteiger partial charge in [0, 0.05) is 52.8 Å². The minimum absolute atomic E-state index is 0.0103. The van der Waals surface area contributed by atoms with Crippen LogP contribution in [0.3, 0.4) is 0 Å². The Morgan fingerprint density at radius 1 is 0.759 bits per heavy atom. The minimum atomic E-state index is -0.941. The fourth-order valence-electron chi connectivity index (χ4n) is 9.64. The summed E-state index contributed by atoms with van der Waals surface area (Å²) in [5.41, 5.74) is 4.86. The Morgan fingerprint density at radius 2 is 1.36 bits per heavy atom. The number of halogens is 1. The van der Waals surface area contributed by atoms with Crippen LogP contribution in [0, 0.1) is 10.5 Å². The summed E-state index contributed by atoms with van der Waals surface area (Å²) in [7, 11) is -0.194. The van der Waals surface area contributed by atoms with Crippen molar-refractivity contribution < 1.29 is 43.3 Å². The largest absolute Gasteiger partial charge is 0.493 e. The Labute approximate surface area is 355 Å². The van der Waals surface area contributed by atoms with Crippen molar-refractivity contribution in [3.05, 3.63) is 73.9 Å². The normalized spacial score (nSPS) is 24.1. The highest BCUT2D eigenvalue weighted by molar-refractivity contribution is 14.1. The van der Waals surface area contributed by atoms with Crippen LogP contribution in [0.1, 0.15) is 89.3 Å². The van der Waals surface area contributed by atoms with Gasteiger partial charge < -0.3 is 53.2 Å². The van der Waals surface area contributed by atoms with Crippen molar-refractivity contribution in [1.29, 1.82) is 0 Å². The van der Waals surface area contributed by atoms with E-state index in [-0.39, 0.29) is 43.2 Å². The number of nitrogens with zero attached hydrogens (tertiary/aromatic N) is 4. The summed E-state index contributed by atoms with van der Waals surface area (Å²) in [5.74, 6) is 1.39. The number of carbonyl (C=O) groups is 2. The molecule has 58 heavy (non-hydrogen) atoms. The van der Waals surface area contributed by atoms with E-state index in [4.69, 9.17) is 23.7 Å². The number of amides is 2. The van der Waals surface area contributed by atoms with Crippen LogP contribution in [-0.4, -0.2) is 103 Å². The van der Waals surface area contributed by atoms with Gasteiger partial charge in [0.2, 0.25) is 0 Å². The van der Waals surface area contributed by atoms with E-state index in [9.17, 15) is 19.6 Å². The van der Waals surface area contributed by atoms with E-state index in [0.717, 1.165) is 65.2 Å². The van der Waals surface area contributed by atoms with Crippen LogP contribution in [-0.2, 0) is 22.7 Å². The number of rotatable bonds is 11. The van der Waals surface area contributed by atoms with Gasteiger partial charge in [0.15, 0.2) is 17.8 Å². The molecule has 8 rings (SSSR count). The summed E-state index contributed by atoms with van der Waals surface area (Å²) in [6.07, 6.45) is 5.25. The van der Waals surface area contributed by atoms with Crippen LogP contribution in [0.2, 0.25) is 13.6 Å². The molecule has 0 aromatic heterocycles.